The summed E-state index contributed by atoms with van der Waals surface area (Å²) in [5.41, 5.74) is 0. The third kappa shape index (κ3) is 9.33. The van der Waals surface area contributed by atoms with E-state index in [-0.39, 0.29) is 5.75 Å². The molecule has 0 aliphatic heterocycles. The molecule has 1 N–H and O–H groups in total. The van der Waals surface area contributed by atoms with E-state index in [9.17, 15) is 8.42 Å². The second-order valence-electron chi connectivity index (χ2n) is 4.19. The van der Waals surface area contributed by atoms with Gasteiger partial charge in [-0.1, -0.05) is 36.7 Å². The van der Waals surface area contributed by atoms with Crippen molar-refractivity contribution in [2.75, 3.05) is 12.3 Å². The molecule has 0 saturated carbocycles. The van der Waals surface area contributed by atoms with Gasteiger partial charge in [0, 0.05) is 11.4 Å². The van der Waals surface area contributed by atoms with Crippen LogP contribution in [0.25, 0.3) is 0 Å². The molecule has 15 heavy (non-hydrogen) atoms. The van der Waals surface area contributed by atoms with Crippen LogP contribution >= 0.6 is 15.9 Å². The van der Waals surface area contributed by atoms with E-state index in [4.69, 9.17) is 0 Å². The Bertz CT molecular complexity index is 252. The lowest BCUT2D eigenvalue weighted by molar-refractivity contribution is 0.559. The Morgan fingerprint density at radius 2 is 1.87 bits per heavy atom. The number of nitrogens with one attached hydrogen (secondary N) is 1. The van der Waals surface area contributed by atoms with Crippen molar-refractivity contribution < 1.29 is 8.42 Å². The largest absolute Gasteiger partial charge is 0.215 e. The van der Waals surface area contributed by atoms with Gasteiger partial charge in [0.15, 0.2) is 0 Å². The molecule has 0 rings (SSSR count). The molecule has 0 aliphatic rings. The smallest absolute Gasteiger partial charge is 0.211 e. The minimum atomic E-state index is -3.05. The maximum Gasteiger partial charge on any atom is 0.211 e. The quantitative estimate of drug-likeness (QED) is 0.700. The predicted octanol–water partition coefficient (Wildman–Crippen LogP) is 2.52. The summed E-state index contributed by atoms with van der Waals surface area (Å²) in [6.07, 6.45) is 2.59. The van der Waals surface area contributed by atoms with Crippen LogP contribution < -0.4 is 4.72 Å². The highest BCUT2D eigenvalue weighted by Crippen LogP contribution is 2.08. The van der Waals surface area contributed by atoms with Crippen molar-refractivity contribution in [1.82, 2.24) is 4.72 Å². The fraction of sp³-hybridized carbons (Fsp3) is 1.00. The van der Waals surface area contributed by atoms with Gasteiger partial charge < -0.3 is 0 Å². The van der Waals surface area contributed by atoms with Gasteiger partial charge in [-0.25, -0.2) is 13.1 Å². The minimum Gasteiger partial charge on any atom is -0.215 e. The molecule has 1 atom stereocenters. The van der Waals surface area contributed by atoms with E-state index < -0.39 is 10.0 Å². The zero-order valence-corrected chi connectivity index (χ0v) is 12.2. The number of alkyl halides is 1. The Balaban J connectivity index is 3.75. The standard InChI is InChI=1S/C10H22BrNO2S/c1-4-10(11)5-7-12-15(13,14)8-6-9(2)3/h9-10,12H,4-8H2,1-3H3. The summed E-state index contributed by atoms with van der Waals surface area (Å²) in [6, 6.07) is 0. The first-order valence-electron chi connectivity index (χ1n) is 5.48. The van der Waals surface area contributed by atoms with Crippen LogP contribution in [0.2, 0.25) is 0 Å². The number of sulfonamides is 1. The minimum absolute atomic E-state index is 0.240. The molecule has 0 aromatic carbocycles. The summed E-state index contributed by atoms with van der Waals surface area (Å²) in [6.45, 7) is 6.67. The molecule has 0 radical (unpaired) electrons. The van der Waals surface area contributed by atoms with Crippen LogP contribution in [0.3, 0.4) is 0 Å². The molecule has 0 saturated heterocycles. The molecule has 0 aliphatic carbocycles. The van der Waals surface area contributed by atoms with Gasteiger partial charge in [-0.05, 0) is 25.2 Å². The van der Waals surface area contributed by atoms with Crippen LogP contribution in [0.4, 0.5) is 0 Å². The zero-order valence-electron chi connectivity index (χ0n) is 9.79. The van der Waals surface area contributed by atoms with Crippen LogP contribution in [-0.4, -0.2) is 25.5 Å². The van der Waals surface area contributed by atoms with Crippen LogP contribution in [0.5, 0.6) is 0 Å². The summed E-state index contributed by atoms with van der Waals surface area (Å²) in [4.78, 5) is 0.408. The molecular weight excluding hydrogens is 278 g/mol. The van der Waals surface area contributed by atoms with E-state index in [1.807, 2.05) is 13.8 Å². The summed E-state index contributed by atoms with van der Waals surface area (Å²) in [5, 5.41) is 0. The number of hydrogen-bond donors (Lipinski definition) is 1. The van der Waals surface area contributed by atoms with Crippen molar-refractivity contribution in [3.8, 4) is 0 Å². The van der Waals surface area contributed by atoms with Gasteiger partial charge in [0.05, 0.1) is 5.75 Å². The van der Waals surface area contributed by atoms with Gasteiger partial charge in [-0.15, -0.1) is 0 Å². The van der Waals surface area contributed by atoms with E-state index in [2.05, 4.69) is 27.6 Å². The molecular formula is C10H22BrNO2S. The molecule has 3 nitrogen and oxygen atoms in total. The Hall–Kier alpha value is 0.390. The van der Waals surface area contributed by atoms with Crippen LogP contribution in [-0.2, 0) is 10.0 Å². The average molecular weight is 300 g/mol. The van der Waals surface area contributed by atoms with Gasteiger partial charge in [0.2, 0.25) is 10.0 Å². The van der Waals surface area contributed by atoms with Crippen molar-refractivity contribution in [3.63, 3.8) is 0 Å². The summed E-state index contributed by atoms with van der Waals surface area (Å²) in [5.74, 6) is 0.671. The average Bonchev–Trinajstić information content (AvgIpc) is 2.14. The lowest BCUT2D eigenvalue weighted by Gasteiger charge is -2.10. The van der Waals surface area contributed by atoms with Gasteiger partial charge in [-0.3, -0.25) is 0 Å². The highest BCUT2D eigenvalue weighted by molar-refractivity contribution is 9.09. The molecule has 0 fully saturated rings. The first-order chi connectivity index (χ1) is 6.87. The molecule has 5 heteroatoms. The maximum atomic E-state index is 11.5. The highest BCUT2D eigenvalue weighted by Gasteiger charge is 2.11. The number of halogens is 1. The maximum absolute atomic E-state index is 11.5. The predicted molar refractivity (Wildman–Crippen MR) is 68.9 cm³/mol. The van der Waals surface area contributed by atoms with Crippen molar-refractivity contribution in [1.29, 1.82) is 0 Å². The third-order valence-electron chi connectivity index (χ3n) is 2.19. The van der Waals surface area contributed by atoms with Crippen molar-refractivity contribution in [2.45, 2.75) is 44.9 Å². The summed E-state index contributed by atoms with van der Waals surface area (Å²) >= 11 is 3.47. The molecule has 0 heterocycles. The molecule has 0 spiro atoms. The van der Waals surface area contributed by atoms with Crippen molar-refractivity contribution in [3.05, 3.63) is 0 Å². The van der Waals surface area contributed by atoms with E-state index in [1.54, 1.807) is 0 Å². The van der Waals surface area contributed by atoms with Crippen molar-refractivity contribution >= 4 is 26.0 Å². The summed E-state index contributed by atoms with van der Waals surface area (Å²) in [7, 11) is -3.05. The molecule has 0 aromatic rings. The molecule has 0 bridgehead atoms. The second-order valence-corrected chi connectivity index (χ2v) is 7.41. The molecule has 0 amide bonds. The van der Waals surface area contributed by atoms with E-state index in [0.29, 0.717) is 17.3 Å². The lowest BCUT2D eigenvalue weighted by Crippen LogP contribution is -2.29. The van der Waals surface area contributed by atoms with Crippen LogP contribution in [0.15, 0.2) is 0 Å². The number of hydrogen-bond acceptors (Lipinski definition) is 2. The lowest BCUT2D eigenvalue weighted by atomic mass is 10.2. The van der Waals surface area contributed by atoms with Gasteiger partial charge in [0.1, 0.15) is 0 Å². The Morgan fingerprint density at radius 1 is 1.27 bits per heavy atom. The molecule has 0 aromatic heterocycles. The second kappa shape index (κ2) is 7.63. The Kier molecular flexibility index (Phi) is 7.83. The SMILES string of the molecule is CCC(Br)CCNS(=O)(=O)CCC(C)C. The highest BCUT2D eigenvalue weighted by atomic mass is 79.9. The van der Waals surface area contributed by atoms with E-state index >= 15 is 0 Å². The van der Waals surface area contributed by atoms with Gasteiger partial charge in [0.25, 0.3) is 0 Å². The van der Waals surface area contributed by atoms with Crippen LogP contribution in [0, 0.1) is 5.92 Å². The molecule has 1 unspecified atom stereocenters. The summed E-state index contributed by atoms with van der Waals surface area (Å²) < 4.78 is 25.6. The first kappa shape index (κ1) is 15.4. The van der Waals surface area contributed by atoms with Gasteiger partial charge in [-0.2, -0.15) is 0 Å². The van der Waals surface area contributed by atoms with E-state index in [1.165, 1.54) is 0 Å². The first-order valence-corrected chi connectivity index (χ1v) is 8.05. The Labute approximate surface area is 102 Å². The van der Waals surface area contributed by atoms with Crippen LogP contribution in [0.1, 0.15) is 40.0 Å². The normalized spacial score (nSPS) is 14.5. The van der Waals surface area contributed by atoms with Crippen molar-refractivity contribution in [2.24, 2.45) is 5.92 Å². The fourth-order valence-electron chi connectivity index (χ4n) is 1.04. The third-order valence-corrected chi connectivity index (χ3v) is 4.71. The van der Waals surface area contributed by atoms with E-state index in [0.717, 1.165) is 19.3 Å². The fourth-order valence-corrected chi connectivity index (χ4v) is 2.62. The number of rotatable bonds is 8. The monoisotopic (exact) mass is 299 g/mol. The zero-order chi connectivity index (χ0) is 11.9. The Morgan fingerprint density at radius 3 is 2.33 bits per heavy atom. The topological polar surface area (TPSA) is 46.2 Å². The molecule has 92 valence electrons. The van der Waals surface area contributed by atoms with Gasteiger partial charge >= 0.3 is 0 Å².